The molecule has 0 spiro atoms. The standard InChI is InChI=1S/C26H26ClN3O2S/c1-16-3-5-17(6-4-16)14-30-10-9-18(15-30)13-28-25(31)22-12-20-11-19-7-8-21(32-2)23(27)24(19)29-26(20)33-22/h3-8,11-12,18H,9-10,13-15H2,1-2H3,(H,28,31)/t18-/m1/s1. The summed E-state index contributed by atoms with van der Waals surface area (Å²) in [5.41, 5.74) is 3.32. The number of fused-ring (bicyclic) bond motifs is 2. The zero-order chi connectivity index (χ0) is 22.9. The molecule has 1 atom stereocenters. The van der Waals surface area contributed by atoms with Gasteiger partial charge in [-0.25, -0.2) is 4.98 Å². The van der Waals surface area contributed by atoms with E-state index in [1.807, 2.05) is 24.3 Å². The van der Waals surface area contributed by atoms with Gasteiger partial charge in [-0.2, -0.15) is 0 Å². The molecule has 0 radical (unpaired) electrons. The predicted molar refractivity (Wildman–Crippen MR) is 136 cm³/mol. The summed E-state index contributed by atoms with van der Waals surface area (Å²) in [5, 5.41) is 5.51. The van der Waals surface area contributed by atoms with Crippen LogP contribution in [0.15, 0.2) is 48.5 Å². The van der Waals surface area contributed by atoms with E-state index in [1.54, 1.807) is 7.11 Å². The number of nitrogens with zero attached hydrogens (tertiary/aromatic N) is 2. The molecule has 7 heteroatoms. The summed E-state index contributed by atoms with van der Waals surface area (Å²) in [6.07, 6.45) is 1.10. The molecule has 0 saturated carbocycles. The summed E-state index contributed by atoms with van der Waals surface area (Å²) < 4.78 is 5.30. The second-order valence-corrected chi connectivity index (χ2v) is 10.1. The van der Waals surface area contributed by atoms with Crippen molar-refractivity contribution in [1.82, 2.24) is 15.2 Å². The van der Waals surface area contributed by atoms with Crippen molar-refractivity contribution in [3.63, 3.8) is 0 Å². The highest BCUT2D eigenvalue weighted by atomic mass is 35.5. The van der Waals surface area contributed by atoms with Gasteiger partial charge >= 0.3 is 0 Å². The largest absolute Gasteiger partial charge is 0.495 e. The number of ether oxygens (including phenoxy) is 1. The smallest absolute Gasteiger partial charge is 0.261 e. The van der Waals surface area contributed by atoms with Crippen LogP contribution in [0.25, 0.3) is 21.1 Å². The highest BCUT2D eigenvalue weighted by Crippen LogP contribution is 2.35. The van der Waals surface area contributed by atoms with Crippen LogP contribution < -0.4 is 10.1 Å². The number of halogens is 1. The number of hydrogen-bond donors (Lipinski definition) is 1. The summed E-state index contributed by atoms with van der Waals surface area (Å²) >= 11 is 7.83. The van der Waals surface area contributed by atoms with Crippen molar-refractivity contribution in [2.45, 2.75) is 19.9 Å². The summed E-state index contributed by atoms with van der Waals surface area (Å²) in [7, 11) is 1.59. The predicted octanol–water partition coefficient (Wildman–Crippen LogP) is 5.67. The summed E-state index contributed by atoms with van der Waals surface area (Å²) in [6, 6.07) is 16.4. The van der Waals surface area contributed by atoms with Gasteiger partial charge in [-0.15, -0.1) is 11.3 Å². The van der Waals surface area contributed by atoms with Gasteiger partial charge in [-0.3, -0.25) is 9.69 Å². The number of carbonyl (C=O) groups is 1. The molecule has 5 nitrogen and oxygen atoms in total. The van der Waals surface area contributed by atoms with Crippen molar-refractivity contribution in [2.75, 3.05) is 26.7 Å². The van der Waals surface area contributed by atoms with Gasteiger partial charge in [0.05, 0.1) is 17.5 Å². The van der Waals surface area contributed by atoms with Crippen molar-refractivity contribution in [2.24, 2.45) is 5.92 Å². The summed E-state index contributed by atoms with van der Waals surface area (Å²) in [5.74, 6) is 1.03. The number of rotatable bonds is 6. The lowest BCUT2D eigenvalue weighted by molar-refractivity contribution is 0.0951. The van der Waals surface area contributed by atoms with E-state index in [9.17, 15) is 4.79 Å². The first kappa shape index (κ1) is 22.1. The minimum atomic E-state index is -0.0391. The molecule has 0 aliphatic carbocycles. The molecule has 1 aliphatic rings. The van der Waals surface area contributed by atoms with Gasteiger partial charge in [0.25, 0.3) is 5.91 Å². The van der Waals surface area contributed by atoms with Gasteiger partial charge in [0.15, 0.2) is 0 Å². The maximum Gasteiger partial charge on any atom is 0.261 e. The van der Waals surface area contributed by atoms with E-state index in [4.69, 9.17) is 21.3 Å². The van der Waals surface area contributed by atoms with Crippen molar-refractivity contribution >= 4 is 50.0 Å². The van der Waals surface area contributed by atoms with Crippen molar-refractivity contribution < 1.29 is 9.53 Å². The Morgan fingerprint density at radius 3 is 2.82 bits per heavy atom. The molecule has 2 aromatic carbocycles. The van der Waals surface area contributed by atoms with Crippen LogP contribution in [-0.4, -0.2) is 42.5 Å². The minimum absolute atomic E-state index is 0.0391. The summed E-state index contributed by atoms with van der Waals surface area (Å²) in [4.78, 5) is 21.5. The molecule has 4 aromatic rings. The third-order valence-electron chi connectivity index (χ3n) is 6.27. The van der Waals surface area contributed by atoms with E-state index in [2.05, 4.69) is 41.4 Å². The number of thiophene rings is 1. The van der Waals surface area contributed by atoms with E-state index in [-0.39, 0.29) is 5.91 Å². The Labute approximate surface area is 202 Å². The number of methoxy groups -OCH3 is 1. The number of amides is 1. The lowest BCUT2D eigenvalue weighted by Crippen LogP contribution is -2.30. The van der Waals surface area contributed by atoms with Crippen LogP contribution in [0, 0.1) is 12.8 Å². The lowest BCUT2D eigenvalue weighted by atomic mass is 10.1. The molecule has 1 N–H and O–H groups in total. The zero-order valence-corrected chi connectivity index (χ0v) is 20.3. The molecule has 2 aromatic heterocycles. The molecule has 5 rings (SSSR count). The Morgan fingerprint density at radius 2 is 2.03 bits per heavy atom. The average Bonchev–Trinajstić information content (AvgIpc) is 3.44. The Kier molecular flexibility index (Phi) is 6.23. The van der Waals surface area contributed by atoms with Gasteiger partial charge in [0.1, 0.15) is 15.6 Å². The number of benzene rings is 2. The second-order valence-electron chi connectivity index (χ2n) is 8.73. The normalized spacial score (nSPS) is 16.5. The van der Waals surface area contributed by atoms with E-state index in [1.165, 1.54) is 22.5 Å². The van der Waals surface area contributed by atoms with Crippen molar-refractivity contribution in [3.05, 3.63) is 69.6 Å². The van der Waals surface area contributed by atoms with Crippen molar-refractivity contribution in [3.8, 4) is 5.75 Å². The van der Waals surface area contributed by atoms with Crippen LogP contribution in [0.3, 0.4) is 0 Å². The third kappa shape index (κ3) is 4.69. The van der Waals surface area contributed by atoms with Gasteiger partial charge < -0.3 is 10.1 Å². The Bertz CT molecular complexity index is 1320. The van der Waals surface area contributed by atoms with Crippen LogP contribution in [0.5, 0.6) is 5.75 Å². The molecule has 3 heterocycles. The molecule has 0 unspecified atom stereocenters. The second kappa shape index (κ2) is 9.29. The third-order valence-corrected chi connectivity index (χ3v) is 7.68. The monoisotopic (exact) mass is 479 g/mol. The fourth-order valence-corrected chi connectivity index (χ4v) is 5.64. The molecular weight excluding hydrogens is 454 g/mol. The first-order valence-corrected chi connectivity index (χ1v) is 12.3. The van der Waals surface area contributed by atoms with Gasteiger partial charge in [0, 0.05) is 30.4 Å². The highest BCUT2D eigenvalue weighted by molar-refractivity contribution is 7.20. The molecule has 170 valence electrons. The van der Waals surface area contributed by atoms with Crippen LogP contribution in [0.4, 0.5) is 0 Å². The number of aryl methyl sites for hydroxylation is 1. The Hall–Kier alpha value is -2.67. The number of nitrogens with one attached hydrogen (secondary N) is 1. The number of pyridine rings is 1. The van der Waals surface area contributed by atoms with Gasteiger partial charge in [0.2, 0.25) is 0 Å². The molecule has 33 heavy (non-hydrogen) atoms. The molecule has 0 bridgehead atoms. The van der Waals surface area contributed by atoms with Crippen LogP contribution in [0.1, 0.15) is 27.2 Å². The zero-order valence-electron chi connectivity index (χ0n) is 18.7. The Morgan fingerprint density at radius 1 is 1.21 bits per heavy atom. The number of aromatic nitrogens is 1. The van der Waals surface area contributed by atoms with Gasteiger partial charge in [-0.1, -0.05) is 41.4 Å². The maximum absolute atomic E-state index is 12.8. The first-order valence-electron chi connectivity index (χ1n) is 11.1. The molecule has 1 aliphatic heterocycles. The number of carbonyl (C=O) groups excluding carboxylic acids is 1. The first-order chi connectivity index (χ1) is 16.0. The molecule has 1 amide bonds. The van der Waals surface area contributed by atoms with Crippen molar-refractivity contribution in [1.29, 1.82) is 0 Å². The fraction of sp³-hybridized carbons (Fsp3) is 0.308. The SMILES string of the molecule is COc1ccc2cc3cc(C(=O)NC[C@H]4CCN(Cc5ccc(C)cc5)C4)sc3nc2c1Cl. The maximum atomic E-state index is 12.8. The van der Waals surface area contributed by atoms with Crippen LogP contribution in [0.2, 0.25) is 5.02 Å². The minimum Gasteiger partial charge on any atom is -0.495 e. The number of hydrogen-bond acceptors (Lipinski definition) is 5. The Balaban J connectivity index is 1.22. The fourth-order valence-electron chi connectivity index (χ4n) is 4.41. The van der Waals surface area contributed by atoms with Gasteiger partial charge in [-0.05, 0) is 55.6 Å². The molecule has 1 fully saturated rings. The molecular formula is C26H26ClN3O2S. The topological polar surface area (TPSA) is 54.5 Å². The van der Waals surface area contributed by atoms with E-state index >= 15 is 0 Å². The molecule has 1 saturated heterocycles. The van der Waals surface area contributed by atoms with E-state index in [0.29, 0.717) is 33.6 Å². The summed E-state index contributed by atoms with van der Waals surface area (Å²) in [6.45, 7) is 5.84. The highest BCUT2D eigenvalue weighted by Gasteiger charge is 2.23. The van der Waals surface area contributed by atoms with E-state index < -0.39 is 0 Å². The quantitative estimate of drug-likeness (QED) is 0.387. The lowest BCUT2D eigenvalue weighted by Gasteiger charge is -2.16. The average molecular weight is 480 g/mol. The van der Waals surface area contributed by atoms with E-state index in [0.717, 1.165) is 41.7 Å². The number of likely N-dealkylation sites (tertiary alicyclic amines) is 1. The van der Waals surface area contributed by atoms with Crippen LogP contribution in [-0.2, 0) is 6.54 Å². The van der Waals surface area contributed by atoms with Crippen LogP contribution >= 0.6 is 22.9 Å².